The summed E-state index contributed by atoms with van der Waals surface area (Å²) in [7, 11) is 0. The molecule has 15 aromatic carbocycles. The van der Waals surface area contributed by atoms with Gasteiger partial charge in [0.15, 0.2) is 5.58 Å². The second kappa shape index (κ2) is 19.2. The summed E-state index contributed by atoms with van der Waals surface area (Å²) in [6.45, 7) is 0. The van der Waals surface area contributed by atoms with E-state index < -0.39 is 0 Å². The normalized spacial score (nSPS) is 11.8. The highest BCUT2D eigenvalue weighted by molar-refractivity contribution is 6.30. The molecule has 4 nitrogen and oxygen atoms in total. The molecule has 0 fully saturated rings. The molecule has 0 bridgehead atoms. The molecule has 0 unspecified atom stereocenters. The molecule has 0 amide bonds. The van der Waals surface area contributed by atoms with Crippen molar-refractivity contribution >= 4 is 132 Å². The Balaban J connectivity index is 0.839. The molecule has 84 heavy (non-hydrogen) atoms. The summed E-state index contributed by atoms with van der Waals surface area (Å²) in [5.74, 6) is 0. The van der Waals surface area contributed by atoms with Gasteiger partial charge in [-0.3, -0.25) is 0 Å². The number of furan rings is 2. The van der Waals surface area contributed by atoms with Crippen LogP contribution in [0.2, 0.25) is 0 Å². The standard InChI is InChI=1S/C80H50N2O2/c1-3-17-51(18-4-1)53-31-39-59(40-32-53)81(71-50-75-78(69-30-16-15-29-68(69)71)76-63-24-10-7-21-55(63)37-47-73(76)83-75)60-43-35-57(36-44-60)62-45-46-70(67-28-14-13-27-66(62)67)82(61-41-33-54(34-42-61)52-19-5-2-6-20-52)72-49-58-23-9-12-26-65(58)79-77-64-25-11-8-22-56(64)38-48-74(77)84-80(72)79/h1-50H. The molecular weight excluding hydrogens is 1020 g/mol. The van der Waals surface area contributed by atoms with E-state index in [0.29, 0.717) is 0 Å². The summed E-state index contributed by atoms with van der Waals surface area (Å²) in [5, 5.41) is 16.1. The van der Waals surface area contributed by atoms with Crippen LogP contribution >= 0.6 is 0 Å². The molecule has 392 valence electrons. The van der Waals surface area contributed by atoms with E-state index in [1.54, 1.807) is 0 Å². The van der Waals surface area contributed by atoms with Crippen molar-refractivity contribution in [2.75, 3.05) is 9.80 Å². The van der Waals surface area contributed by atoms with Crippen LogP contribution < -0.4 is 9.80 Å². The van der Waals surface area contributed by atoms with Crippen molar-refractivity contribution in [3.63, 3.8) is 0 Å². The molecule has 17 rings (SSSR count). The van der Waals surface area contributed by atoms with Crippen LogP contribution in [0.5, 0.6) is 0 Å². The first-order valence-corrected chi connectivity index (χ1v) is 28.7. The summed E-state index contributed by atoms with van der Waals surface area (Å²) in [4.78, 5) is 4.80. The molecule has 0 N–H and O–H groups in total. The van der Waals surface area contributed by atoms with E-state index in [1.807, 2.05) is 0 Å². The average Bonchev–Trinajstić information content (AvgIpc) is 3.74. The lowest BCUT2D eigenvalue weighted by Gasteiger charge is -2.28. The van der Waals surface area contributed by atoms with Gasteiger partial charge >= 0.3 is 0 Å². The highest BCUT2D eigenvalue weighted by Gasteiger charge is 2.26. The van der Waals surface area contributed by atoms with Gasteiger partial charge in [0.2, 0.25) is 0 Å². The Morgan fingerprint density at radius 1 is 0.214 bits per heavy atom. The monoisotopic (exact) mass is 1070 g/mol. The Labute approximate surface area is 484 Å². The zero-order valence-electron chi connectivity index (χ0n) is 45.6. The Bertz CT molecular complexity index is 5410. The molecule has 0 radical (unpaired) electrons. The van der Waals surface area contributed by atoms with Crippen molar-refractivity contribution < 1.29 is 8.83 Å². The zero-order chi connectivity index (χ0) is 55.2. The van der Waals surface area contributed by atoms with Gasteiger partial charge in [-0.1, -0.05) is 237 Å². The number of benzene rings is 15. The van der Waals surface area contributed by atoms with Gasteiger partial charge in [-0.15, -0.1) is 0 Å². The summed E-state index contributed by atoms with van der Waals surface area (Å²) >= 11 is 0. The van der Waals surface area contributed by atoms with Crippen molar-refractivity contribution in [1.82, 2.24) is 0 Å². The van der Waals surface area contributed by atoms with Crippen molar-refractivity contribution in [2.24, 2.45) is 0 Å². The molecule has 17 aromatic rings. The topological polar surface area (TPSA) is 32.8 Å². The van der Waals surface area contributed by atoms with Gasteiger partial charge in [-0.2, -0.15) is 0 Å². The Hall–Kier alpha value is -11.2. The number of fused-ring (bicyclic) bond motifs is 15. The number of hydrogen-bond donors (Lipinski definition) is 0. The van der Waals surface area contributed by atoms with Crippen LogP contribution in [0.25, 0.3) is 131 Å². The Morgan fingerprint density at radius 2 is 0.631 bits per heavy atom. The van der Waals surface area contributed by atoms with Crippen LogP contribution in [0.4, 0.5) is 34.1 Å². The first-order valence-electron chi connectivity index (χ1n) is 28.7. The van der Waals surface area contributed by atoms with Crippen LogP contribution in [0.3, 0.4) is 0 Å². The van der Waals surface area contributed by atoms with Crippen LogP contribution in [-0.2, 0) is 0 Å². The van der Waals surface area contributed by atoms with Crippen LogP contribution in [0, 0.1) is 0 Å². The second-order valence-electron chi connectivity index (χ2n) is 21.9. The van der Waals surface area contributed by atoms with Crippen LogP contribution in [0.1, 0.15) is 0 Å². The second-order valence-corrected chi connectivity index (χ2v) is 21.9. The van der Waals surface area contributed by atoms with Crippen molar-refractivity contribution in [1.29, 1.82) is 0 Å². The fraction of sp³-hybridized carbons (Fsp3) is 0. The molecule has 0 saturated carbocycles. The predicted octanol–water partition coefficient (Wildman–Crippen LogP) is 23.2. The third-order valence-electron chi connectivity index (χ3n) is 17.2. The van der Waals surface area contributed by atoms with E-state index >= 15 is 0 Å². The summed E-state index contributed by atoms with van der Waals surface area (Å²) < 4.78 is 14.0. The summed E-state index contributed by atoms with van der Waals surface area (Å²) in [6, 6.07) is 110. The highest BCUT2D eigenvalue weighted by atomic mass is 16.3. The summed E-state index contributed by atoms with van der Waals surface area (Å²) in [5.41, 5.74) is 16.5. The van der Waals surface area contributed by atoms with Crippen molar-refractivity contribution in [3.8, 4) is 33.4 Å². The maximum Gasteiger partial charge on any atom is 0.160 e. The number of hydrogen-bond acceptors (Lipinski definition) is 4. The van der Waals surface area contributed by atoms with Gasteiger partial charge in [-0.25, -0.2) is 0 Å². The quantitative estimate of drug-likeness (QED) is 0.144. The molecule has 2 aromatic heterocycles. The predicted molar refractivity (Wildman–Crippen MR) is 354 cm³/mol. The fourth-order valence-electron chi connectivity index (χ4n) is 13.3. The number of rotatable bonds is 9. The third kappa shape index (κ3) is 7.62. The molecule has 0 aliphatic heterocycles. The molecule has 2 heterocycles. The van der Waals surface area contributed by atoms with E-state index in [1.165, 1.54) is 32.7 Å². The lowest BCUT2D eigenvalue weighted by Crippen LogP contribution is -2.11. The van der Waals surface area contributed by atoms with Gasteiger partial charge in [0.1, 0.15) is 16.7 Å². The third-order valence-corrected chi connectivity index (χ3v) is 17.2. The lowest BCUT2D eigenvalue weighted by molar-refractivity contribution is 0.669. The average molecular weight is 1070 g/mol. The van der Waals surface area contributed by atoms with Crippen molar-refractivity contribution in [2.45, 2.75) is 0 Å². The van der Waals surface area contributed by atoms with Crippen LogP contribution in [0.15, 0.2) is 312 Å². The fourth-order valence-corrected chi connectivity index (χ4v) is 13.3. The molecule has 0 atom stereocenters. The van der Waals surface area contributed by atoms with E-state index in [2.05, 4.69) is 313 Å². The van der Waals surface area contributed by atoms with E-state index in [-0.39, 0.29) is 0 Å². The van der Waals surface area contributed by atoms with Gasteiger partial charge in [-0.05, 0) is 137 Å². The first-order chi connectivity index (χ1) is 41.7. The SMILES string of the molecule is c1ccc(-c2ccc(N(c3ccc(-c4ccc(N(c5ccc(-c6ccccc6)cc5)c5cc6ccccc6c6c5oc5ccc7ccccc7c56)c5ccccc45)cc3)c3cc4oc5ccc6ccccc6c5c4c4ccccc34)cc2)cc1. The minimum atomic E-state index is 0.843. The lowest BCUT2D eigenvalue weighted by atomic mass is 9.95. The molecular formula is C80H50N2O2. The van der Waals surface area contributed by atoms with Crippen LogP contribution in [-0.4, -0.2) is 0 Å². The van der Waals surface area contributed by atoms with E-state index in [0.717, 1.165) is 133 Å². The Morgan fingerprint density at radius 3 is 1.21 bits per heavy atom. The van der Waals surface area contributed by atoms with Gasteiger partial charge in [0, 0.05) is 55.4 Å². The molecule has 0 spiro atoms. The minimum Gasteiger partial charge on any atom is -0.456 e. The van der Waals surface area contributed by atoms with Gasteiger partial charge < -0.3 is 18.6 Å². The molecule has 0 aliphatic rings. The smallest absolute Gasteiger partial charge is 0.160 e. The number of anilines is 6. The Kier molecular flexibility index (Phi) is 10.9. The van der Waals surface area contributed by atoms with Gasteiger partial charge in [0.25, 0.3) is 0 Å². The zero-order valence-corrected chi connectivity index (χ0v) is 45.6. The molecule has 4 heteroatoms. The van der Waals surface area contributed by atoms with E-state index in [4.69, 9.17) is 8.83 Å². The summed E-state index contributed by atoms with van der Waals surface area (Å²) in [6.07, 6.45) is 0. The minimum absolute atomic E-state index is 0.843. The highest BCUT2D eigenvalue weighted by Crippen LogP contribution is 2.51. The first kappa shape index (κ1) is 47.6. The molecule has 0 saturated heterocycles. The maximum absolute atomic E-state index is 7.17. The maximum atomic E-state index is 7.17. The van der Waals surface area contributed by atoms with Crippen molar-refractivity contribution in [3.05, 3.63) is 303 Å². The molecule has 0 aliphatic carbocycles. The van der Waals surface area contributed by atoms with Gasteiger partial charge in [0.05, 0.1) is 17.1 Å². The largest absolute Gasteiger partial charge is 0.456 e. The van der Waals surface area contributed by atoms with E-state index in [9.17, 15) is 0 Å². The number of nitrogens with zero attached hydrogens (tertiary/aromatic N) is 2.